The third-order valence-electron chi connectivity index (χ3n) is 5.10. The highest BCUT2D eigenvalue weighted by molar-refractivity contribution is 7.89. The minimum absolute atomic E-state index is 0.324. The fourth-order valence-electron chi connectivity index (χ4n) is 3.69. The van der Waals surface area contributed by atoms with Crippen molar-refractivity contribution in [2.75, 3.05) is 26.2 Å². The number of aromatic nitrogens is 1. The van der Waals surface area contributed by atoms with Gasteiger partial charge in [-0.2, -0.15) is 0 Å². The first-order chi connectivity index (χ1) is 12.5. The van der Waals surface area contributed by atoms with Crippen LogP contribution >= 0.6 is 0 Å². The van der Waals surface area contributed by atoms with Gasteiger partial charge in [0.15, 0.2) is 5.76 Å². The van der Waals surface area contributed by atoms with Gasteiger partial charge >= 0.3 is 0 Å². The Labute approximate surface area is 152 Å². The van der Waals surface area contributed by atoms with Crippen LogP contribution < -0.4 is 0 Å². The second-order valence-corrected chi connectivity index (χ2v) is 9.14. The van der Waals surface area contributed by atoms with E-state index in [2.05, 4.69) is 9.88 Å². The molecule has 0 amide bonds. The molecule has 0 radical (unpaired) electrons. The first-order valence-corrected chi connectivity index (χ1v) is 10.4. The van der Waals surface area contributed by atoms with E-state index in [4.69, 9.17) is 4.42 Å². The third-order valence-corrected chi connectivity index (χ3v) is 7.41. The average Bonchev–Trinajstić information content (AvgIpc) is 3.37. The van der Waals surface area contributed by atoms with Crippen LogP contribution in [0.4, 0.5) is 4.39 Å². The lowest BCUT2D eigenvalue weighted by atomic mass is 10.2. The maximum Gasteiger partial charge on any atom is 0.218 e. The van der Waals surface area contributed by atoms with E-state index in [-0.39, 0.29) is 11.1 Å². The number of benzene rings is 1. The van der Waals surface area contributed by atoms with Crippen LogP contribution in [0, 0.1) is 5.82 Å². The molecule has 0 bridgehead atoms. The lowest BCUT2D eigenvalue weighted by molar-refractivity contribution is 0.292. The van der Waals surface area contributed by atoms with Crippen LogP contribution in [0.2, 0.25) is 0 Å². The Bertz CT molecular complexity index is 877. The molecule has 2 aromatic rings. The molecule has 0 aliphatic carbocycles. The van der Waals surface area contributed by atoms with Crippen LogP contribution in [0.25, 0.3) is 11.3 Å². The van der Waals surface area contributed by atoms with Gasteiger partial charge in [-0.1, -0.05) is 12.1 Å². The van der Waals surface area contributed by atoms with E-state index in [1.54, 1.807) is 22.6 Å². The first kappa shape index (κ1) is 17.6. The van der Waals surface area contributed by atoms with Crippen molar-refractivity contribution in [2.24, 2.45) is 0 Å². The van der Waals surface area contributed by atoms with E-state index in [1.807, 2.05) is 0 Å². The second kappa shape index (κ2) is 7.09. The Kier molecular flexibility index (Phi) is 4.81. The zero-order valence-electron chi connectivity index (χ0n) is 14.5. The molecule has 2 fully saturated rings. The molecule has 1 atom stereocenters. The molecule has 1 aromatic heterocycles. The first-order valence-electron chi connectivity index (χ1n) is 8.94. The van der Waals surface area contributed by atoms with Gasteiger partial charge in [-0.15, -0.1) is 0 Å². The van der Waals surface area contributed by atoms with E-state index in [1.165, 1.54) is 12.1 Å². The van der Waals surface area contributed by atoms with Gasteiger partial charge in [-0.25, -0.2) is 22.1 Å². The lowest BCUT2D eigenvalue weighted by Crippen LogP contribution is -2.38. The van der Waals surface area contributed by atoms with Gasteiger partial charge in [0.25, 0.3) is 0 Å². The van der Waals surface area contributed by atoms with Crippen LogP contribution in [0.15, 0.2) is 34.9 Å². The Morgan fingerprint density at radius 3 is 2.81 bits per heavy atom. The van der Waals surface area contributed by atoms with Crippen molar-refractivity contribution in [2.45, 2.75) is 31.1 Å². The number of halogens is 1. The number of hydrogen-bond acceptors (Lipinski definition) is 5. The minimum Gasteiger partial charge on any atom is -0.439 e. The number of nitrogens with zero attached hydrogens (tertiary/aromatic N) is 3. The van der Waals surface area contributed by atoms with Crippen LogP contribution in [0.1, 0.15) is 25.2 Å². The highest BCUT2D eigenvalue weighted by Gasteiger charge is 2.38. The van der Waals surface area contributed by atoms with Gasteiger partial charge in [0.2, 0.25) is 15.9 Å². The molecule has 1 unspecified atom stereocenters. The quantitative estimate of drug-likeness (QED) is 0.798. The average molecular weight is 379 g/mol. The van der Waals surface area contributed by atoms with Gasteiger partial charge in [0, 0.05) is 31.7 Å². The fourth-order valence-corrected chi connectivity index (χ4v) is 5.68. The van der Waals surface area contributed by atoms with Crippen molar-refractivity contribution in [3.63, 3.8) is 0 Å². The molecule has 6 nitrogen and oxygen atoms in total. The molecule has 3 heterocycles. The number of hydrogen-bond donors (Lipinski definition) is 0. The number of likely N-dealkylation sites (tertiary alicyclic amines) is 1. The second-order valence-electron chi connectivity index (χ2n) is 6.93. The summed E-state index contributed by atoms with van der Waals surface area (Å²) in [4.78, 5) is 6.31. The van der Waals surface area contributed by atoms with Gasteiger partial charge in [-0.05, 0) is 31.4 Å². The molecule has 26 heavy (non-hydrogen) atoms. The monoisotopic (exact) mass is 379 g/mol. The SMILES string of the molecule is O=S(=O)(C1CCN(Cc2ncc(-c3cccc(F)c3)o2)C1)N1CCCC1. The summed E-state index contributed by atoms with van der Waals surface area (Å²) < 4.78 is 46.1. The maximum atomic E-state index is 13.3. The zero-order valence-corrected chi connectivity index (χ0v) is 15.3. The molecule has 2 saturated heterocycles. The molecule has 8 heteroatoms. The minimum atomic E-state index is -3.21. The summed E-state index contributed by atoms with van der Waals surface area (Å²) in [7, 11) is -3.21. The summed E-state index contributed by atoms with van der Waals surface area (Å²) in [6.07, 6.45) is 4.12. The smallest absolute Gasteiger partial charge is 0.218 e. The Morgan fingerprint density at radius 1 is 1.23 bits per heavy atom. The largest absolute Gasteiger partial charge is 0.439 e. The molecule has 1 aromatic carbocycles. The summed E-state index contributed by atoms with van der Waals surface area (Å²) in [6.45, 7) is 2.96. The summed E-state index contributed by atoms with van der Waals surface area (Å²) in [5, 5.41) is -0.349. The molecule has 0 saturated carbocycles. The number of oxazole rings is 1. The highest BCUT2D eigenvalue weighted by atomic mass is 32.2. The standard InChI is InChI=1S/C18H22FN3O3S/c19-15-5-3-4-14(10-15)17-11-20-18(25-17)13-21-9-6-16(12-21)26(23,24)22-7-1-2-8-22/h3-5,10-11,16H,1-2,6-9,12-13H2. The van der Waals surface area contributed by atoms with Crippen molar-refractivity contribution in [1.82, 2.24) is 14.2 Å². The Balaban J connectivity index is 1.40. The van der Waals surface area contributed by atoms with E-state index in [0.717, 1.165) is 12.8 Å². The summed E-state index contributed by atoms with van der Waals surface area (Å²) in [5.74, 6) is 0.707. The van der Waals surface area contributed by atoms with Crippen molar-refractivity contribution >= 4 is 10.0 Å². The molecule has 140 valence electrons. The van der Waals surface area contributed by atoms with Gasteiger partial charge in [0.05, 0.1) is 18.0 Å². The lowest BCUT2D eigenvalue weighted by Gasteiger charge is -2.20. The number of sulfonamides is 1. The van der Waals surface area contributed by atoms with Crippen LogP contribution in [0.3, 0.4) is 0 Å². The molecule has 0 N–H and O–H groups in total. The van der Waals surface area contributed by atoms with Crippen LogP contribution in [-0.2, 0) is 16.6 Å². The van der Waals surface area contributed by atoms with Gasteiger partial charge in [0.1, 0.15) is 5.82 Å². The van der Waals surface area contributed by atoms with E-state index >= 15 is 0 Å². The summed E-state index contributed by atoms with van der Waals surface area (Å²) in [6, 6.07) is 6.17. The number of rotatable bonds is 5. The van der Waals surface area contributed by atoms with Crippen molar-refractivity contribution < 1.29 is 17.2 Å². The molecular weight excluding hydrogens is 357 g/mol. The molecule has 0 spiro atoms. The van der Waals surface area contributed by atoms with E-state index < -0.39 is 10.0 Å². The Hall–Kier alpha value is -1.77. The fraction of sp³-hybridized carbons (Fsp3) is 0.500. The normalized spacial score (nSPS) is 22.3. The topological polar surface area (TPSA) is 66.7 Å². The van der Waals surface area contributed by atoms with Crippen LogP contribution in [-0.4, -0.2) is 54.0 Å². The third kappa shape index (κ3) is 3.54. The van der Waals surface area contributed by atoms with Crippen molar-refractivity contribution in [3.8, 4) is 11.3 Å². The van der Waals surface area contributed by atoms with E-state index in [9.17, 15) is 12.8 Å². The van der Waals surface area contributed by atoms with Crippen molar-refractivity contribution in [1.29, 1.82) is 0 Å². The van der Waals surface area contributed by atoms with Gasteiger partial charge in [-0.3, -0.25) is 4.90 Å². The molecule has 2 aliphatic heterocycles. The molecular formula is C18H22FN3O3S. The van der Waals surface area contributed by atoms with Crippen molar-refractivity contribution in [3.05, 3.63) is 42.2 Å². The van der Waals surface area contributed by atoms with Crippen LogP contribution in [0.5, 0.6) is 0 Å². The Morgan fingerprint density at radius 2 is 2.04 bits per heavy atom. The maximum absolute atomic E-state index is 13.3. The summed E-state index contributed by atoms with van der Waals surface area (Å²) >= 11 is 0. The molecule has 4 rings (SSSR count). The molecule has 2 aliphatic rings. The highest BCUT2D eigenvalue weighted by Crippen LogP contribution is 2.26. The summed E-state index contributed by atoms with van der Waals surface area (Å²) in [5.41, 5.74) is 0.639. The van der Waals surface area contributed by atoms with E-state index in [0.29, 0.717) is 56.4 Å². The van der Waals surface area contributed by atoms with Gasteiger partial charge < -0.3 is 4.42 Å². The zero-order chi connectivity index (χ0) is 18.1. The predicted molar refractivity (Wildman–Crippen MR) is 95.3 cm³/mol. The predicted octanol–water partition coefficient (Wildman–Crippen LogP) is 2.48.